The Morgan fingerprint density at radius 3 is 2.77 bits per heavy atom. The van der Waals surface area contributed by atoms with E-state index in [0.29, 0.717) is 35.4 Å². The molecule has 0 aliphatic heterocycles. The number of carbonyl (C=O) groups is 1. The number of ether oxygens (including phenoxy) is 1. The zero-order valence-corrected chi connectivity index (χ0v) is 14.8. The van der Waals surface area contributed by atoms with Gasteiger partial charge in [-0.2, -0.15) is 4.98 Å². The maximum atomic E-state index is 11.9. The van der Waals surface area contributed by atoms with Gasteiger partial charge in [0.2, 0.25) is 11.7 Å². The molecule has 0 aliphatic rings. The zero-order valence-electron chi connectivity index (χ0n) is 14.0. The molecule has 26 heavy (non-hydrogen) atoms. The van der Waals surface area contributed by atoms with E-state index >= 15 is 0 Å². The summed E-state index contributed by atoms with van der Waals surface area (Å²) in [5.74, 6) is 1.69. The van der Waals surface area contributed by atoms with Crippen LogP contribution in [0.25, 0.3) is 11.4 Å². The third kappa shape index (κ3) is 4.73. The van der Waals surface area contributed by atoms with E-state index in [0.717, 1.165) is 11.3 Å². The summed E-state index contributed by atoms with van der Waals surface area (Å²) in [6, 6.07) is 13.9. The number of hydrogen-bond acceptors (Lipinski definition) is 5. The van der Waals surface area contributed by atoms with Crippen LogP contribution in [-0.2, 0) is 6.42 Å². The molecule has 0 saturated carbocycles. The van der Waals surface area contributed by atoms with Gasteiger partial charge in [-0.3, -0.25) is 0 Å². The van der Waals surface area contributed by atoms with E-state index in [2.05, 4.69) is 20.8 Å². The number of amides is 2. The number of carbonyl (C=O) groups excluding carboxylic acids is 1. The molecular weight excluding hydrogens is 356 g/mol. The first-order chi connectivity index (χ1) is 12.6. The number of anilines is 1. The van der Waals surface area contributed by atoms with Crippen molar-refractivity contribution >= 4 is 23.3 Å². The zero-order chi connectivity index (χ0) is 18.4. The van der Waals surface area contributed by atoms with Crippen molar-refractivity contribution in [3.05, 3.63) is 59.4 Å². The van der Waals surface area contributed by atoms with Crippen LogP contribution in [-0.4, -0.2) is 29.8 Å². The van der Waals surface area contributed by atoms with Crippen LogP contribution < -0.4 is 15.4 Å². The van der Waals surface area contributed by atoms with Gasteiger partial charge in [-0.1, -0.05) is 22.8 Å². The maximum absolute atomic E-state index is 11.9. The highest BCUT2D eigenvalue weighted by Crippen LogP contribution is 2.19. The SMILES string of the molecule is COc1ccc(-c2noc(CCNC(=O)Nc3cccc(Cl)c3)n2)cc1. The fourth-order valence-corrected chi connectivity index (χ4v) is 2.43. The average Bonchev–Trinajstić information content (AvgIpc) is 3.11. The van der Waals surface area contributed by atoms with Gasteiger partial charge in [0.1, 0.15) is 5.75 Å². The molecule has 3 aromatic rings. The summed E-state index contributed by atoms with van der Waals surface area (Å²) in [5.41, 5.74) is 1.45. The average molecular weight is 373 g/mol. The summed E-state index contributed by atoms with van der Waals surface area (Å²) in [4.78, 5) is 16.2. The van der Waals surface area contributed by atoms with Crippen molar-refractivity contribution in [3.8, 4) is 17.1 Å². The summed E-state index contributed by atoms with van der Waals surface area (Å²) in [7, 11) is 1.61. The third-order valence-corrected chi connectivity index (χ3v) is 3.76. The summed E-state index contributed by atoms with van der Waals surface area (Å²) >= 11 is 5.88. The van der Waals surface area contributed by atoms with Crippen LogP contribution in [0.15, 0.2) is 53.1 Å². The molecule has 2 amide bonds. The van der Waals surface area contributed by atoms with Gasteiger partial charge in [-0.05, 0) is 42.5 Å². The molecule has 0 spiro atoms. The molecule has 0 aliphatic carbocycles. The van der Waals surface area contributed by atoms with Crippen molar-refractivity contribution in [1.29, 1.82) is 0 Å². The van der Waals surface area contributed by atoms with Gasteiger partial charge in [-0.25, -0.2) is 4.79 Å². The Bertz CT molecular complexity index is 880. The molecule has 0 atom stereocenters. The number of rotatable bonds is 6. The first-order valence-corrected chi connectivity index (χ1v) is 8.29. The van der Waals surface area contributed by atoms with Crippen LogP contribution in [0.3, 0.4) is 0 Å². The number of benzene rings is 2. The molecule has 3 rings (SSSR count). The molecule has 8 heteroatoms. The van der Waals surface area contributed by atoms with E-state index < -0.39 is 0 Å². The van der Waals surface area contributed by atoms with E-state index in [1.165, 1.54) is 0 Å². The Hall–Kier alpha value is -3.06. The fraction of sp³-hybridized carbons (Fsp3) is 0.167. The second kappa shape index (κ2) is 8.35. The van der Waals surface area contributed by atoms with Crippen molar-refractivity contribution in [2.75, 3.05) is 19.0 Å². The first-order valence-electron chi connectivity index (χ1n) is 7.91. The lowest BCUT2D eigenvalue weighted by molar-refractivity contribution is 0.252. The highest BCUT2D eigenvalue weighted by atomic mass is 35.5. The number of nitrogens with one attached hydrogen (secondary N) is 2. The van der Waals surface area contributed by atoms with Crippen LogP contribution in [0.2, 0.25) is 5.02 Å². The van der Waals surface area contributed by atoms with E-state index in [-0.39, 0.29) is 6.03 Å². The third-order valence-electron chi connectivity index (χ3n) is 3.52. The van der Waals surface area contributed by atoms with Crippen molar-refractivity contribution < 1.29 is 14.1 Å². The lowest BCUT2D eigenvalue weighted by atomic mass is 10.2. The minimum absolute atomic E-state index is 0.331. The smallest absolute Gasteiger partial charge is 0.319 e. The standard InChI is InChI=1S/C18H17ClN4O3/c1-25-15-7-5-12(6-8-15)17-22-16(26-23-17)9-10-20-18(24)21-14-4-2-3-13(19)11-14/h2-8,11H,9-10H2,1H3,(H2,20,21,24). The molecule has 134 valence electrons. The van der Waals surface area contributed by atoms with E-state index in [4.69, 9.17) is 20.9 Å². The number of aromatic nitrogens is 2. The maximum Gasteiger partial charge on any atom is 0.319 e. The van der Waals surface area contributed by atoms with Gasteiger partial charge in [0, 0.05) is 29.2 Å². The molecule has 0 unspecified atom stereocenters. The number of hydrogen-bond donors (Lipinski definition) is 2. The molecule has 2 aromatic carbocycles. The molecular formula is C18H17ClN4O3. The minimum atomic E-state index is -0.331. The molecule has 0 fully saturated rings. The van der Waals surface area contributed by atoms with Crippen LogP contribution in [0.4, 0.5) is 10.5 Å². The fourth-order valence-electron chi connectivity index (χ4n) is 2.24. The Labute approximate surface area is 155 Å². The highest BCUT2D eigenvalue weighted by molar-refractivity contribution is 6.30. The van der Waals surface area contributed by atoms with Gasteiger partial charge in [0.05, 0.1) is 7.11 Å². The van der Waals surface area contributed by atoms with Gasteiger partial charge in [-0.15, -0.1) is 0 Å². The molecule has 0 bridgehead atoms. The monoisotopic (exact) mass is 372 g/mol. The minimum Gasteiger partial charge on any atom is -0.497 e. The summed E-state index contributed by atoms with van der Waals surface area (Å²) in [5, 5.41) is 9.93. The Morgan fingerprint density at radius 1 is 1.23 bits per heavy atom. The number of halogens is 1. The molecule has 0 saturated heterocycles. The normalized spacial score (nSPS) is 10.4. The molecule has 2 N–H and O–H groups in total. The van der Waals surface area contributed by atoms with E-state index in [1.54, 1.807) is 31.4 Å². The van der Waals surface area contributed by atoms with Crippen LogP contribution in [0.1, 0.15) is 5.89 Å². The topological polar surface area (TPSA) is 89.3 Å². The lowest BCUT2D eigenvalue weighted by Crippen LogP contribution is -2.30. The number of methoxy groups -OCH3 is 1. The molecule has 0 radical (unpaired) electrons. The van der Waals surface area contributed by atoms with Gasteiger partial charge >= 0.3 is 6.03 Å². The van der Waals surface area contributed by atoms with Crippen LogP contribution >= 0.6 is 11.6 Å². The number of urea groups is 1. The van der Waals surface area contributed by atoms with E-state index in [9.17, 15) is 4.79 Å². The van der Waals surface area contributed by atoms with Crippen molar-refractivity contribution in [1.82, 2.24) is 15.5 Å². The van der Waals surface area contributed by atoms with Gasteiger partial charge in [0.25, 0.3) is 0 Å². The Morgan fingerprint density at radius 2 is 2.04 bits per heavy atom. The van der Waals surface area contributed by atoms with Gasteiger partial charge < -0.3 is 19.9 Å². The molecule has 1 heterocycles. The molecule has 1 aromatic heterocycles. The highest BCUT2D eigenvalue weighted by Gasteiger charge is 2.09. The predicted octanol–water partition coefficient (Wildman–Crippen LogP) is 3.76. The molecule has 7 nitrogen and oxygen atoms in total. The van der Waals surface area contributed by atoms with Gasteiger partial charge in [0.15, 0.2) is 0 Å². The van der Waals surface area contributed by atoms with E-state index in [1.807, 2.05) is 24.3 Å². The van der Waals surface area contributed by atoms with Crippen molar-refractivity contribution in [2.45, 2.75) is 6.42 Å². The summed E-state index contributed by atoms with van der Waals surface area (Å²) in [6.45, 7) is 0.358. The second-order valence-electron chi connectivity index (χ2n) is 5.38. The number of nitrogens with zero attached hydrogens (tertiary/aromatic N) is 2. The Balaban J connectivity index is 1.49. The summed E-state index contributed by atoms with van der Waals surface area (Å²) in [6.07, 6.45) is 0.423. The first kappa shape index (κ1) is 17.8. The lowest BCUT2D eigenvalue weighted by Gasteiger charge is -2.06. The Kier molecular flexibility index (Phi) is 5.70. The van der Waals surface area contributed by atoms with Crippen LogP contribution in [0.5, 0.6) is 5.75 Å². The van der Waals surface area contributed by atoms with Crippen molar-refractivity contribution in [3.63, 3.8) is 0 Å². The summed E-state index contributed by atoms with van der Waals surface area (Å²) < 4.78 is 10.3. The van der Waals surface area contributed by atoms with Crippen LogP contribution in [0, 0.1) is 0 Å². The largest absolute Gasteiger partial charge is 0.497 e. The second-order valence-corrected chi connectivity index (χ2v) is 5.82. The van der Waals surface area contributed by atoms with Crippen molar-refractivity contribution in [2.24, 2.45) is 0 Å². The quantitative estimate of drug-likeness (QED) is 0.687. The predicted molar refractivity (Wildman–Crippen MR) is 98.5 cm³/mol.